The summed E-state index contributed by atoms with van der Waals surface area (Å²) >= 11 is 0. The summed E-state index contributed by atoms with van der Waals surface area (Å²) in [5.41, 5.74) is 1.74. The minimum absolute atomic E-state index is 0.0493. The number of carbonyl (C=O) groups excluding carboxylic acids is 1. The lowest BCUT2D eigenvalue weighted by Gasteiger charge is -2.12. The summed E-state index contributed by atoms with van der Waals surface area (Å²) in [5, 5.41) is 2.75. The number of amides is 1. The molecule has 2 aromatic rings. The molecule has 6 nitrogen and oxygen atoms in total. The van der Waals surface area contributed by atoms with Crippen LogP contribution in [0.15, 0.2) is 47.4 Å². The topological polar surface area (TPSA) is 84.5 Å². The van der Waals surface area contributed by atoms with Gasteiger partial charge in [0.05, 0.1) is 17.7 Å². The van der Waals surface area contributed by atoms with Crippen molar-refractivity contribution in [1.82, 2.24) is 4.72 Å². The third-order valence-corrected chi connectivity index (χ3v) is 4.89. The summed E-state index contributed by atoms with van der Waals surface area (Å²) in [6.07, 6.45) is 0. The van der Waals surface area contributed by atoms with Crippen LogP contribution in [0, 0.1) is 6.92 Å². The molecule has 0 saturated heterocycles. The zero-order valence-electron chi connectivity index (χ0n) is 13.8. The molecule has 0 heterocycles. The SMILES string of the molecule is CCNS(=O)(=O)c1cccc(C(=O)Nc2cc(C)ccc2OC)c1. The summed E-state index contributed by atoms with van der Waals surface area (Å²) < 4.78 is 31.7. The van der Waals surface area contributed by atoms with Crippen molar-refractivity contribution >= 4 is 21.6 Å². The molecule has 0 radical (unpaired) electrons. The maximum atomic E-state index is 12.4. The smallest absolute Gasteiger partial charge is 0.255 e. The van der Waals surface area contributed by atoms with Crippen molar-refractivity contribution in [2.45, 2.75) is 18.7 Å². The van der Waals surface area contributed by atoms with Gasteiger partial charge in [-0.05, 0) is 42.8 Å². The van der Waals surface area contributed by atoms with E-state index in [0.29, 0.717) is 11.4 Å². The van der Waals surface area contributed by atoms with E-state index < -0.39 is 15.9 Å². The molecular weight excluding hydrogens is 328 g/mol. The average molecular weight is 348 g/mol. The lowest BCUT2D eigenvalue weighted by Crippen LogP contribution is -2.23. The second-order valence-corrected chi connectivity index (χ2v) is 6.95. The minimum atomic E-state index is -3.61. The monoisotopic (exact) mass is 348 g/mol. The van der Waals surface area contributed by atoms with Crippen molar-refractivity contribution in [3.8, 4) is 5.75 Å². The van der Waals surface area contributed by atoms with Crippen molar-refractivity contribution in [1.29, 1.82) is 0 Å². The lowest BCUT2D eigenvalue weighted by molar-refractivity contribution is 0.102. The van der Waals surface area contributed by atoms with Crippen LogP contribution < -0.4 is 14.8 Å². The number of hydrogen-bond acceptors (Lipinski definition) is 4. The van der Waals surface area contributed by atoms with Crippen LogP contribution in [-0.4, -0.2) is 28.0 Å². The van der Waals surface area contributed by atoms with Crippen molar-refractivity contribution in [2.24, 2.45) is 0 Å². The highest BCUT2D eigenvalue weighted by Crippen LogP contribution is 2.26. The normalized spacial score (nSPS) is 11.1. The molecule has 0 aromatic heterocycles. The quantitative estimate of drug-likeness (QED) is 0.840. The minimum Gasteiger partial charge on any atom is -0.495 e. The number of carbonyl (C=O) groups is 1. The van der Waals surface area contributed by atoms with Crippen LogP contribution in [0.2, 0.25) is 0 Å². The number of benzene rings is 2. The number of nitrogens with one attached hydrogen (secondary N) is 2. The van der Waals surface area contributed by atoms with Gasteiger partial charge in [0, 0.05) is 12.1 Å². The molecule has 0 aliphatic heterocycles. The molecule has 0 bridgehead atoms. The molecule has 0 aliphatic carbocycles. The first-order valence-corrected chi connectivity index (χ1v) is 8.91. The van der Waals surface area contributed by atoms with Gasteiger partial charge in [0.15, 0.2) is 0 Å². The number of hydrogen-bond donors (Lipinski definition) is 2. The fraction of sp³-hybridized carbons (Fsp3) is 0.235. The molecule has 2 N–H and O–H groups in total. The van der Waals surface area contributed by atoms with Crippen molar-refractivity contribution in [3.63, 3.8) is 0 Å². The Bertz CT molecular complexity index is 847. The van der Waals surface area contributed by atoms with Crippen LogP contribution in [0.3, 0.4) is 0 Å². The van der Waals surface area contributed by atoms with Gasteiger partial charge in [0.2, 0.25) is 10.0 Å². The van der Waals surface area contributed by atoms with Crippen LogP contribution in [-0.2, 0) is 10.0 Å². The van der Waals surface area contributed by atoms with Crippen molar-refractivity contribution in [2.75, 3.05) is 19.0 Å². The highest BCUT2D eigenvalue weighted by atomic mass is 32.2. The van der Waals surface area contributed by atoms with E-state index in [4.69, 9.17) is 4.74 Å². The van der Waals surface area contributed by atoms with Crippen molar-refractivity contribution < 1.29 is 17.9 Å². The number of aryl methyl sites for hydroxylation is 1. The molecule has 0 aliphatic rings. The Morgan fingerprint density at radius 3 is 2.58 bits per heavy atom. The number of anilines is 1. The van der Waals surface area contributed by atoms with Crippen LogP contribution in [0.1, 0.15) is 22.8 Å². The molecule has 2 rings (SSSR count). The van der Waals surface area contributed by atoms with E-state index in [1.807, 2.05) is 13.0 Å². The van der Waals surface area contributed by atoms with Gasteiger partial charge < -0.3 is 10.1 Å². The summed E-state index contributed by atoms with van der Waals surface area (Å²) in [6.45, 7) is 3.87. The van der Waals surface area contributed by atoms with E-state index in [1.165, 1.54) is 25.3 Å². The molecule has 7 heteroatoms. The van der Waals surface area contributed by atoms with Gasteiger partial charge >= 0.3 is 0 Å². The molecule has 0 fully saturated rings. The van der Waals surface area contributed by atoms with E-state index in [0.717, 1.165) is 5.56 Å². The Hall–Kier alpha value is -2.38. The Morgan fingerprint density at radius 1 is 1.17 bits per heavy atom. The van der Waals surface area contributed by atoms with Gasteiger partial charge in [-0.15, -0.1) is 0 Å². The zero-order valence-corrected chi connectivity index (χ0v) is 14.6. The first-order chi connectivity index (χ1) is 11.4. The molecular formula is C17H20N2O4S. The van der Waals surface area contributed by atoms with Crippen LogP contribution >= 0.6 is 0 Å². The third kappa shape index (κ3) is 4.12. The first-order valence-electron chi connectivity index (χ1n) is 7.43. The zero-order chi connectivity index (χ0) is 17.7. The third-order valence-electron chi connectivity index (χ3n) is 3.34. The van der Waals surface area contributed by atoms with Crippen LogP contribution in [0.25, 0.3) is 0 Å². The highest BCUT2D eigenvalue weighted by Gasteiger charge is 2.16. The van der Waals surface area contributed by atoms with E-state index >= 15 is 0 Å². The highest BCUT2D eigenvalue weighted by molar-refractivity contribution is 7.89. The molecule has 0 unspecified atom stereocenters. The Morgan fingerprint density at radius 2 is 1.92 bits per heavy atom. The summed E-state index contributed by atoms with van der Waals surface area (Å²) in [7, 11) is -2.10. The number of methoxy groups -OCH3 is 1. The molecule has 128 valence electrons. The van der Waals surface area contributed by atoms with Gasteiger partial charge in [0.1, 0.15) is 5.75 Å². The standard InChI is InChI=1S/C17H20N2O4S/c1-4-18-24(21,22)14-7-5-6-13(11-14)17(20)19-15-10-12(2)8-9-16(15)23-3/h5-11,18H,4H2,1-3H3,(H,19,20). The number of ether oxygens (including phenoxy) is 1. The van der Waals surface area contributed by atoms with Crippen LogP contribution in [0.5, 0.6) is 5.75 Å². The average Bonchev–Trinajstić information content (AvgIpc) is 2.55. The molecule has 2 aromatic carbocycles. The second-order valence-electron chi connectivity index (χ2n) is 5.19. The van der Waals surface area contributed by atoms with E-state index in [9.17, 15) is 13.2 Å². The van der Waals surface area contributed by atoms with E-state index in [1.54, 1.807) is 25.1 Å². The van der Waals surface area contributed by atoms with Crippen LogP contribution in [0.4, 0.5) is 5.69 Å². The molecule has 0 spiro atoms. The van der Waals surface area contributed by atoms with Gasteiger partial charge in [-0.2, -0.15) is 0 Å². The molecule has 0 atom stereocenters. The molecule has 24 heavy (non-hydrogen) atoms. The fourth-order valence-electron chi connectivity index (χ4n) is 2.19. The number of rotatable bonds is 6. The fourth-order valence-corrected chi connectivity index (χ4v) is 3.28. The second kappa shape index (κ2) is 7.46. The van der Waals surface area contributed by atoms with Crippen molar-refractivity contribution in [3.05, 3.63) is 53.6 Å². The Balaban J connectivity index is 2.30. The van der Waals surface area contributed by atoms with E-state index in [-0.39, 0.29) is 17.0 Å². The van der Waals surface area contributed by atoms with Gasteiger partial charge in [0.25, 0.3) is 5.91 Å². The largest absolute Gasteiger partial charge is 0.495 e. The van der Waals surface area contributed by atoms with E-state index in [2.05, 4.69) is 10.0 Å². The van der Waals surface area contributed by atoms with Gasteiger partial charge in [-0.25, -0.2) is 13.1 Å². The summed E-state index contributed by atoms with van der Waals surface area (Å²) in [6, 6.07) is 11.3. The van der Waals surface area contributed by atoms with Gasteiger partial charge in [-0.3, -0.25) is 4.79 Å². The van der Waals surface area contributed by atoms with Gasteiger partial charge in [-0.1, -0.05) is 19.1 Å². The first kappa shape index (κ1) is 18.0. The predicted molar refractivity (Wildman–Crippen MR) is 93.0 cm³/mol. The Kier molecular flexibility index (Phi) is 5.58. The predicted octanol–water partition coefficient (Wildman–Crippen LogP) is 2.55. The lowest BCUT2D eigenvalue weighted by atomic mass is 10.1. The summed E-state index contributed by atoms with van der Waals surface area (Å²) in [5.74, 6) is 0.123. The molecule has 0 saturated carbocycles. The maximum Gasteiger partial charge on any atom is 0.255 e. The molecule has 1 amide bonds. The number of sulfonamides is 1. The Labute approximate surface area is 141 Å². The summed E-state index contributed by atoms with van der Waals surface area (Å²) in [4.78, 5) is 12.5. The maximum absolute atomic E-state index is 12.4.